The molecule has 106 valence electrons. The first kappa shape index (κ1) is 13.0. The Kier molecular flexibility index (Phi) is 3.23. The van der Waals surface area contributed by atoms with Crippen LogP contribution in [-0.4, -0.2) is 21.7 Å². The monoisotopic (exact) mass is 283 g/mol. The van der Waals surface area contributed by atoms with Gasteiger partial charge < -0.3 is 15.8 Å². The fourth-order valence-electron chi connectivity index (χ4n) is 2.12. The van der Waals surface area contributed by atoms with Crippen molar-refractivity contribution in [3.8, 4) is 11.6 Å². The Hall–Kier alpha value is -2.96. The molecule has 21 heavy (non-hydrogen) atoms. The fourth-order valence-corrected chi connectivity index (χ4v) is 2.12. The van der Waals surface area contributed by atoms with E-state index in [1.807, 2.05) is 6.07 Å². The van der Waals surface area contributed by atoms with Crippen LogP contribution in [0, 0.1) is 5.41 Å². The zero-order valence-corrected chi connectivity index (χ0v) is 11.1. The van der Waals surface area contributed by atoms with Crippen LogP contribution in [0.2, 0.25) is 0 Å². The van der Waals surface area contributed by atoms with E-state index in [1.54, 1.807) is 12.1 Å². The van der Waals surface area contributed by atoms with Crippen molar-refractivity contribution >= 4 is 17.4 Å². The summed E-state index contributed by atoms with van der Waals surface area (Å²) in [7, 11) is 0. The van der Waals surface area contributed by atoms with E-state index >= 15 is 0 Å². The number of nitrogens with one attached hydrogen (secondary N) is 2. The number of hydrogen-bond acceptors (Lipinski definition) is 5. The Bertz CT molecular complexity index is 729. The van der Waals surface area contributed by atoms with Crippen LogP contribution in [0.1, 0.15) is 17.7 Å². The van der Waals surface area contributed by atoms with Gasteiger partial charge in [0.1, 0.15) is 11.6 Å². The largest absolute Gasteiger partial charge is 0.437 e. The van der Waals surface area contributed by atoms with Gasteiger partial charge in [-0.3, -0.25) is 10.2 Å². The van der Waals surface area contributed by atoms with Crippen molar-refractivity contribution in [2.24, 2.45) is 5.73 Å². The topological polar surface area (TPSA) is 114 Å². The van der Waals surface area contributed by atoms with Crippen LogP contribution in [0.5, 0.6) is 11.6 Å². The maximum atomic E-state index is 11.3. The molecule has 0 aliphatic carbocycles. The minimum atomic E-state index is -0.205. The third-order valence-corrected chi connectivity index (χ3v) is 3.11. The Balaban J connectivity index is 1.89. The molecule has 4 N–H and O–H groups in total. The standard InChI is InChI=1S/C14H13N5O2/c15-13(16)12-14(18-6-5-17-12)21-9-2-3-10-8(7-9)1-4-11(20)19-10/h2-3,5-7H,1,4H2,(H3,15,16)(H,19,20). The Morgan fingerprint density at radius 2 is 2.10 bits per heavy atom. The van der Waals surface area contributed by atoms with Gasteiger partial charge in [-0.05, 0) is 30.2 Å². The molecular weight excluding hydrogens is 270 g/mol. The van der Waals surface area contributed by atoms with Gasteiger partial charge >= 0.3 is 0 Å². The minimum Gasteiger partial charge on any atom is -0.437 e. The van der Waals surface area contributed by atoms with Crippen molar-refractivity contribution < 1.29 is 9.53 Å². The Morgan fingerprint density at radius 3 is 2.90 bits per heavy atom. The van der Waals surface area contributed by atoms with Crippen molar-refractivity contribution in [3.05, 3.63) is 41.9 Å². The van der Waals surface area contributed by atoms with E-state index in [0.717, 1.165) is 11.3 Å². The summed E-state index contributed by atoms with van der Waals surface area (Å²) in [6.45, 7) is 0. The van der Waals surface area contributed by atoms with Crippen LogP contribution in [0.15, 0.2) is 30.6 Å². The smallest absolute Gasteiger partial charge is 0.249 e. The molecule has 0 radical (unpaired) electrons. The second-order valence-corrected chi connectivity index (χ2v) is 4.59. The minimum absolute atomic E-state index is 0.0176. The predicted molar refractivity (Wildman–Crippen MR) is 76.5 cm³/mol. The first-order valence-electron chi connectivity index (χ1n) is 6.39. The van der Waals surface area contributed by atoms with Gasteiger partial charge in [0.05, 0.1) is 0 Å². The molecule has 3 rings (SSSR count). The highest BCUT2D eigenvalue weighted by Gasteiger charge is 2.16. The summed E-state index contributed by atoms with van der Waals surface area (Å²) in [6, 6.07) is 5.35. The first-order valence-corrected chi connectivity index (χ1v) is 6.39. The summed E-state index contributed by atoms with van der Waals surface area (Å²) in [5, 5.41) is 10.3. The first-order chi connectivity index (χ1) is 10.1. The molecule has 0 saturated carbocycles. The van der Waals surface area contributed by atoms with E-state index in [1.165, 1.54) is 12.4 Å². The molecule has 1 amide bonds. The highest BCUT2D eigenvalue weighted by Crippen LogP contribution is 2.29. The number of nitrogen functional groups attached to an aromatic ring is 1. The van der Waals surface area contributed by atoms with Crippen molar-refractivity contribution in [2.45, 2.75) is 12.8 Å². The van der Waals surface area contributed by atoms with Gasteiger partial charge in [0.25, 0.3) is 0 Å². The zero-order valence-electron chi connectivity index (χ0n) is 11.1. The number of benzene rings is 1. The van der Waals surface area contributed by atoms with Crippen LogP contribution in [-0.2, 0) is 11.2 Å². The van der Waals surface area contributed by atoms with Crippen molar-refractivity contribution in [1.29, 1.82) is 5.41 Å². The van der Waals surface area contributed by atoms with Crippen molar-refractivity contribution in [2.75, 3.05) is 5.32 Å². The molecule has 0 spiro atoms. The summed E-state index contributed by atoms with van der Waals surface area (Å²) in [6.07, 6.45) is 4.05. The third kappa shape index (κ3) is 2.66. The molecule has 1 aliphatic rings. The molecule has 1 aromatic heterocycles. The number of hydrogen-bond donors (Lipinski definition) is 3. The number of fused-ring (bicyclic) bond motifs is 1. The van der Waals surface area contributed by atoms with Crippen LogP contribution < -0.4 is 15.8 Å². The summed E-state index contributed by atoms with van der Waals surface area (Å²) < 4.78 is 5.66. The molecule has 1 aliphatic heterocycles. The lowest BCUT2D eigenvalue weighted by atomic mass is 10.0. The number of nitrogens with two attached hydrogens (primary N) is 1. The summed E-state index contributed by atoms with van der Waals surface area (Å²) in [4.78, 5) is 19.3. The van der Waals surface area contributed by atoms with Gasteiger partial charge in [-0.15, -0.1) is 0 Å². The molecule has 0 unspecified atom stereocenters. The van der Waals surface area contributed by atoms with Gasteiger partial charge in [0, 0.05) is 24.5 Å². The van der Waals surface area contributed by atoms with Gasteiger partial charge in [0.15, 0.2) is 5.69 Å². The highest BCUT2D eigenvalue weighted by atomic mass is 16.5. The number of rotatable bonds is 3. The normalized spacial score (nSPS) is 13.2. The van der Waals surface area contributed by atoms with Crippen LogP contribution in [0.4, 0.5) is 5.69 Å². The van der Waals surface area contributed by atoms with E-state index in [-0.39, 0.29) is 23.3 Å². The fraction of sp³-hybridized carbons (Fsp3) is 0.143. The van der Waals surface area contributed by atoms with E-state index in [2.05, 4.69) is 15.3 Å². The number of ether oxygens (including phenoxy) is 1. The number of carbonyl (C=O) groups excluding carboxylic acids is 1. The number of aryl methyl sites for hydroxylation is 1. The van der Waals surface area contributed by atoms with Crippen LogP contribution in [0.25, 0.3) is 0 Å². The number of anilines is 1. The maximum Gasteiger partial charge on any atom is 0.249 e. The molecule has 2 aromatic rings. The lowest BCUT2D eigenvalue weighted by molar-refractivity contribution is -0.116. The lowest BCUT2D eigenvalue weighted by Crippen LogP contribution is -2.18. The Labute approximate surface area is 120 Å². The zero-order chi connectivity index (χ0) is 14.8. The van der Waals surface area contributed by atoms with Crippen LogP contribution >= 0.6 is 0 Å². The van der Waals surface area contributed by atoms with Gasteiger partial charge in [-0.25, -0.2) is 9.97 Å². The molecule has 7 heteroatoms. The number of aromatic nitrogens is 2. The second-order valence-electron chi connectivity index (χ2n) is 4.59. The summed E-state index contributed by atoms with van der Waals surface area (Å²) in [5.74, 6) is 0.560. The number of amidine groups is 1. The van der Waals surface area contributed by atoms with Crippen molar-refractivity contribution in [3.63, 3.8) is 0 Å². The molecule has 7 nitrogen and oxygen atoms in total. The van der Waals surface area contributed by atoms with Crippen LogP contribution in [0.3, 0.4) is 0 Å². The average molecular weight is 283 g/mol. The van der Waals surface area contributed by atoms with Gasteiger partial charge in [-0.2, -0.15) is 0 Å². The summed E-state index contributed by atoms with van der Waals surface area (Å²) >= 11 is 0. The molecular formula is C14H13N5O2. The lowest BCUT2D eigenvalue weighted by Gasteiger charge is -2.17. The van der Waals surface area contributed by atoms with Gasteiger partial charge in [0.2, 0.25) is 11.8 Å². The van der Waals surface area contributed by atoms with Gasteiger partial charge in [-0.1, -0.05) is 0 Å². The number of carbonyl (C=O) groups is 1. The predicted octanol–water partition coefficient (Wildman–Crippen LogP) is 1.44. The second kappa shape index (κ2) is 5.20. The van der Waals surface area contributed by atoms with Crippen molar-refractivity contribution in [1.82, 2.24) is 9.97 Å². The number of nitrogens with zero attached hydrogens (tertiary/aromatic N) is 2. The molecule has 0 saturated heterocycles. The molecule has 2 heterocycles. The molecule has 1 aromatic carbocycles. The van der Waals surface area contributed by atoms with E-state index in [0.29, 0.717) is 18.6 Å². The van der Waals surface area contributed by atoms with E-state index in [4.69, 9.17) is 15.9 Å². The maximum absolute atomic E-state index is 11.3. The van der Waals surface area contributed by atoms with E-state index in [9.17, 15) is 4.79 Å². The SMILES string of the molecule is N=C(N)c1nccnc1Oc1ccc2c(c1)CCC(=O)N2. The molecule has 0 fully saturated rings. The highest BCUT2D eigenvalue weighted by molar-refractivity contribution is 5.95. The number of amides is 1. The molecule has 0 atom stereocenters. The quantitative estimate of drug-likeness (QED) is 0.582. The average Bonchev–Trinajstić information content (AvgIpc) is 2.48. The third-order valence-electron chi connectivity index (χ3n) is 3.11. The molecule has 0 bridgehead atoms. The van der Waals surface area contributed by atoms with E-state index < -0.39 is 0 Å². The Morgan fingerprint density at radius 1 is 1.29 bits per heavy atom. The summed E-state index contributed by atoms with van der Waals surface area (Å²) in [5.41, 5.74) is 7.44.